The van der Waals surface area contributed by atoms with Crippen LogP contribution in [0.5, 0.6) is 0 Å². The molecule has 0 radical (unpaired) electrons. The molecule has 0 bridgehead atoms. The van der Waals surface area contributed by atoms with Gasteiger partial charge >= 0.3 is 0 Å². The Balaban J connectivity index is 1.80. The van der Waals surface area contributed by atoms with Crippen LogP contribution in [0, 0.1) is 17.4 Å². The van der Waals surface area contributed by atoms with Crippen molar-refractivity contribution in [2.45, 2.75) is 13.8 Å². The second-order valence-electron chi connectivity index (χ2n) is 5.97. The molecular weight excluding hydrogens is 479 g/mol. The lowest BCUT2D eigenvalue weighted by Crippen LogP contribution is -2.34. The number of hydrogen-bond donors (Lipinski definition) is 2. The van der Waals surface area contributed by atoms with Crippen LogP contribution in [0.1, 0.15) is 21.5 Å². The van der Waals surface area contributed by atoms with Crippen LogP contribution in [0.4, 0.5) is 5.69 Å². The fraction of sp³-hybridized carbons (Fsp3) is 0.100. The standard InChI is InChI=1S/C20H16ClIN2OS/c1-11-9-13(10-12(2)18(11)22)23-20(26)24-19(25)16-7-3-6-15-14(16)5-4-8-17(15)21/h3-10H,1-2H3,(H2,23,24,25,26). The number of aryl methyl sites for hydroxylation is 2. The van der Waals surface area contributed by atoms with Crippen molar-refractivity contribution in [3.8, 4) is 0 Å². The van der Waals surface area contributed by atoms with Crippen molar-refractivity contribution in [3.63, 3.8) is 0 Å². The predicted octanol–water partition coefficient (Wildman–Crippen LogP) is 5.84. The third-order valence-electron chi connectivity index (χ3n) is 4.03. The second kappa shape index (κ2) is 7.90. The fourth-order valence-corrected chi connectivity index (χ4v) is 3.58. The molecular formula is C20H16ClIN2OS. The van der Waals surface area contributed by atoms with E-state index in [0.717, 1.165) is 27.6 Å². The minimum atomic E-state index is -0.269. The number of carbonyl (C=O) groups is 1. The molecule has 26 heavy (non-hydrogen) atoms. The SMILES string of the molecule is Cc1cc(NC(=S)NC(=O)c2cccc3c(Cl)cccc23)cc(C)c1I. The van der Waals surface area contributed by atoms with Gasteiger partial charge in [0.25, 0.3) is 5.91 Å². The Morgan fingerprint density at radius 3 is 2.35 bits per heavy atom. The van der Waals surface area contributed by atoms with Gasteiger partial charge in [-0.2, -0.15) is 0 Å². The van der Waals surface area contributed by atoms with E-state index in [0.29, 0.717) is 10.6 Å². The molecule has 3 nitrogen and oxygen atoms in total. The molecule has 0 aliphatic carbocycles. The lowest BCUT2D eigenvalue weighted by atomic mass is 10.0. The van der Waals surface area contributed by atoms with Crippen molar-refractivity contribution in [1.29, 1.82) is 0 Å². The van der Waals surface area contributed by atoms with Gasteiger partial charge < -0.3 is 5.32 Å². The highest BCUT2D eigenvalue weighted by Gasteiger charge is 2.13. The van der Waals surface area contributed by atoms with E-state index in [1.165, 1.54) is 3.57 Å². The average Bonchev–Trinajstić information content (AvgIpc) is 2.59. The highest BCUT2D eigenvalue weighted by Crippen LogP contribution is 2.26. The van der Waals surface area contributed by atoms with E-state index < -0.39 is 0 Å². The largest absolute Gasteiger partial charge is 0.332 e. The fourth-order valence-electron chi connectivity index (χ4n) is 2.82. The van der Waals surface area contributed by atoms with E-state index in [9.17, 15) is 4.79 Å². The summed E-state index contributed by atoms with van der Waals surface area (Å²) in [6.45, 7) is 4.09. The van der Waals surface area contributed by atoms with Gasteiger partial charge in [0.05, 0.1) is 0 Å². The number of carbonyl (C=O) groups excluding carboxylic acids is 1. The van der Waals surface area contributed by atoms with E-state index >= 15 is 0 Å². The molecule has 3 aromatic carbocycles. The van der Waals surface area contributed by atoms with Gasteiger partial charge in [0.2, 0.25) is 0 Å². The molecule has 0 saturated heterocycles. The molecule has 1 amide bonds. The van der Waals surface area contributed by atoms with Gasteiger partial charge in [-0.15, -0.1) is 0 Å². The number of thiocarbonyl (C=S) groups is 1. The number of amides is 1. The molecule has 2 N–H and O–H groups in total. The summed E-state index contributed by atoms with van der Waals surface area (Å²) >= 11 is 13.8. The number of nitrogens with one attached hydrogen (secondary N) is 2. The highest BCUT2D eigenvalue weighted by atomic mass is 127. The van der Waals surface area contributed by atoms with Crippen LogP contribution in [0.3, 0.4) is 0 Å². The second-order valence-corrected chi connectivity index (χ2v) is 7.87. The number of benzene rings is 3. The first-order valence-electron chi connectivity index (χ1n) is 7.93. The first kappa shape index (κ1) is 19.1. The van der Waals surface area contributed by atoms with Crippen molar-refractivity contribution < 1.29 is 4.79 Å². The zero-order valence-electron chi connectivity index (χ0n) is 14.2. The van der Waals surface area contributed by atoms with Gasteiger partial charge in [-0.1, -0.05) is 35.9 Å². The van der Waals surface area contributed by atoms with Crippen LogP contribution in [-0.2, 0) is 0 Å². The monoisotopic (exact) mass is 494 g/mol. The van der Waals surface area contributed by atoms with Crippen molar-refractivity contribution >= 4 is 73.9 Å². The molecule has 0 aromatic heterocycles. The minimum absolute atomic E-state index is 0.258. The number of hydrogen-bond acceptors (Lipinski definition) is 2. The van der Waals surface area contributed by atoms with Crippen LogP contribution in [0.15, 0.2) is 48.5 Å². The van der Waals surface area contributed by atoms with Crippen LogP contribution in [0.2, 0.25) is 5.02 Å². The molecule has 0 unspecified atom stereocenters. The smallest absolute Gasteiger partial charge is 0.258 e. The maximum atomic E-state index is 12.7. The predicted molar refractivity (Wildman–Crippen MR) is 121 cm³/mol. The Morgan fingerprint density at radius 2 is 1.65 bits per heavy atom. The van der Waals surface area contributed by atoms with E-state index in [1.807, 2.05) is 50.2 Å². The Kier molecular flexibility index (Phi) is 5.79. The van der Waals surface area contributed by atoms with Crippen molar-refractivity contribution in [2.24, 2.45) is 0 Å². The van der Waals surface area contributed by atoms with E-state index in [-0.39, 0.29) is 11.0 Å². The van der Waals surface area contributed by atoms with Gasteiger partial charge in [0, 0.05) is 25.2 Å². The van der Waals surface area contributed by atoms with E-state index in [1.54, 1.807) is 12.1 Å². The van der Waals surface area contributed by atoms with Crippen LogP contribution >= 0.6 is 46.4 Å². The molecule has 0 heterocycles. The highest BCUT2D eigenvalue weighted by molar-refractivity contribution is 14.1. The zero-order valence-corrected chi connectivity index (χ0v) is 17.9. The van der Waals surface area contributed by atoms with E-state index in [4.69, 9.17) is 23.8 Å². The molecule has 3 rings (SSSR count). The van der Waals surface area contributed by atoms with Crippen molar-refractivity contribution in [3.05, 3.63) is 73.8 Å². The Labute approximate surface area is 176 Å². The summed E-state index contributed by atoms with van der Waals surface area (Å²) in [7, 11) is 0. The number of anilines is 1. The summed E-state index contributed by atoms with van der Waals surface area (Å²) in [6.07, 6.45) is 0. The van der Waals surface area contributed by atoms with Crippen LogP contribution in [0.25, 0.3) is 10.8 Å². The maximum absolute atomic E-state index is 12.7. The Hall–Kier alpha value is -1.70. The quantitative estimate of drug-likeness (QED) is 0.347. The van der Waals surface area contributed by atoms with Gasteiger partial charge in [-0.3, -0.25) is 10.1 Å². The van der Waals surface area contributed by atoms with Gasteiger partial charge in [-0.05, 0) is 89.4 Å². The zero-order chi connectivity index (χ0) is 18.8. The van der Waals surface area contributed by atoms with Gasteiger partial charge in [0.1, 0.15) is 0 Å². The third kappa shape index (κ3) is 4.00. The Morgan fingerprint density at radius 1 is 1.04 bits per heavy atom. The molecule has 0 aliphatic rings. The average molecular weight is 495 g/mol. The lowest BCUT2D eigenvalue weighted by Gasteiger charge is -2.13. The van der Waals surface area contributed by atoms with Gasteiger partial charge in [-0.25, -0.2) is 0 Å². The van der Waals surface area contributed by atoms with Crippen LogP contribution < -0.4 is 10.6 Å². The van der Waals surface area contributed by atoms with Crippen molar-refractivity contribution in [2.75, 3.05) is 5.32 Å². The number of rotatable bonds is 2. The Bertz CT molecular complexity index is 1010. The summed E-state index contributed by atoms with van der Waals surface area (Å²) in [5, 5.41) is 8.33. The minimum Gasteiger partial charge on any atom is -0.332 e. The summed E-state index contributed by atoms with van der Waals surface area (Å²) < 4.78 is 1.22. The molecule has 0 spiro atoms. The van der Waals surface area contributed by atoms with Crippen LogP contribution in [-0.4, -0.2) is 11.0 Å². The summed E-state index contributed by atoms with van der Waals surface area (Å²) in [5.41, 5.74) is 3.70. The molecule has 0 saturated carbocycles. The molecule has 6 heteroatoms. The van der Waals surface area contributed by atoms with E-state index in [2.05, 4.69) is 33.2 Å². The first-order valence-corrected chi connectivity index (χ1v) is 9.79. The summed E-state index contributed by atoms with van der Waals surface area (Å²) in [5.74, 6) is -0.269. The number of fused-ring (bicyclic) bond motifs is 1. The van der Waals surface area contributed by atoms with Crippen molar-refractivity contribution in [1.82, 2.24) is 5.32 Å². The van der Waals surface area contributed by atoms with Gasteiger partial charge in [0.15, 0.2) is 5.11 Å². The molecule has 0 fully saturated rings. The topological polar surface area (TPSA) is 41.1 Å². The molecule has 132 valence electrons. The lowest BCUT2D eigenvalue weighted by molar-refractivity contribution is 0.0979. The normalized spacial score (nSPS) is 10.6. The molecule has 0 aliphatic heterocycles. The summed E-state index contributed by atoms with van der Waals surface area (Å²) in [4.78, 5) is 12.7. The molecule has 0 atom stereocenters. The first-order chi connectivity index (χ1) is 12.4. The number of halogens is 2. The summed E-state index contributed by atoms with van der Waals surface area (Å²) in [6, 6.07) is 15.0. The molecule has 3 aromatic rings. The maximum Gasteiger partial charge on any atom is 0.258 e. The third-order valence-corrected chi connectivity index (χ3v) is 6.27.